The maximum absolute atomic E-state index is 11.8. The third-order valence-electron chi connectivity index (χ3n) is 3.17. The third-order valence-corrected chi connectivity index (χ3v) is 4.38. The van der Waals surface area contributed by atoms with Crippen LogP contribution >= 0.6 is 24.0 Å². The van der Waals surface area contributed by atoms with Crippen molar-refractivity contribution in [1.82, 2.24) is 4.98 Å². The highest BCUT2D eigenvalue weighted by Gasteiger charge is 2.30. The van der Waals surface area contributed by atoms with E-state index in [0.29, 0.717) is 13.0 Å². The van der Waals surface area contributed by atoms with Crippen LogP contribution in [-0.4, -0.2) is 22.7 Å². The molecule has 2 aromatic rings. The van der Waals surface area contributed by atoms with Crippen LogP contribution < -0.4 is 4.90 Å². The number of amides is 1. The largest absolute Gasteiger partial charge is 0.287 e. The quantitative estimate of drug-likeness (QED) is 0.862. The standard InChI is InChI=1S/C14H14N2OS2/c1-9-2-4-10(5-3-9)12-8-19-14(15-12)16-7-11(18)6-13(16)17/h2-5,8,11,18H,6-7H2,1H3. The molecule has 1 amide bonds. The van der Waals surface area contributed by atoms with Gasteiger partial charge in [0, 0.05) is 29.2 Å². The molecule has 1 atom stereocenters. The zero-order valence-corrected chi connectivity index (χ0v) is 12.2. The molecule has 0 spiro atoms. The number of thiol groups is 1. The van der Waals surface area contributed by atoms with Gasteiger partial charge < -0.3 is 0 Å². The van der Waals surface area contributed by atoms with Crippen molar-refractivity contribution in [1.29, 1.82) is 0 Å². The molecule has 3 nitrogen and oxygen atoms in total. The van der Waals surface area contributed by atoms with Crippen LogP contribution in [0.1, 0.15) is 12.0 Å². The second-order valence-electron chi connectivity index (χ2n) is 4.74. The van der Waals surface area contributed by atoms with Crippen LogP contribution in [0.5, 0.6) is 0 Å². The zero-order chi connectivity index (χ0) is 13.4. The predicted octanol–water partition coefficient (Wildman–Crippen LogP) is 3.15. The van der Waals surface area contributed by atoms with E-state index in [9.17, 15) is 4.79 Å². The van der Waals surface area contributed by atoms with Crippen molar-refractivity contribution in [2.45, 2.75) is 18.6 Å². The monoisotopic (exact) mass is 290 g/mol. The molecule has 1 aromatic heterocycles. The minimum Gasteiger partial charge on any atom is -0.287 e. The van der Waals surface area contributed by atoms with Crippen molar-refractivity contribution in [2.24, 2.45) is 0 Å². The van der Waals surface area contributed by atoms with Gasteiger partial charge in [0.2, 0.25) is 5.91 Å². The topological polar surface area (TPSA) is 33.2 Å². The molecular weight excluding hydrogens is 276 g/mol. The van der Waals surface area contributed by atoms with Gasteiger partial charge in [-0.15, -0.1) is 11.3 Å². The first-order valence-corrected chi connectivity index (χ1v) is 7.54. The SMILES string of the molecule is Cc1ccc(-c2csc(N3CC(S)CC3=O)n2)cc1. The summed E-state index contributed by atoms with van der Waals surface area (Å²) >= 11 is 5.88. The van der Waals surface area contributed by atoms with Crippen LogP contribution in [0.3, 0.4) is 0 Å². The Balaban J connectivity index is 1.87. The molecular formula is C14H14N2OS2. The first-order valence-electron chi connectivity index (χ1n) is 6.14. The number of benzene rings is 1. The molecule has 1 saturated heterocycles. The molecule has 1 aliphatic rings. The van der Waals surface area contributed by atoms with Crippen molar-refractivity contribution < 1.29 is 4.79 Å². The summed E-state index contributed by atoms with van der Waals surface area (Å²) in [5, 5.41) is 2.90. The molecule has 98 valence electrons. The number of hydrogen-bond acceptors (Lipinski definition) is 4. The molecule has 5 heteroatoms. The predicted molar refractivity (Wildman–Crippen MR) is 82.0 cm³/mol. The van der Waals surface area contributed by atoms with E-state index in [0.717, 1.165) is 16.4 Å². The van der Waals surface area contributed by atoms with E-state index in [4.69, 9.17) is 0 Å². The van der Waals surface area contributed by atoms with E-state index >= 15 is 0 Å². The summed E-state index contributed by atoms with van der Waals surface area (Å²) in [4.78, 5) is 18.1. The first-order chi connectivity index (χ1) is 9.13. The second kappa shape index (κ2) is 4.98. The van der Waals surface area contributed by atoms with Crippen molar-refractivity contribution >= 4 is 35.0 Å². The van der Waals surface area contributed by atoms with Gasteiger partial charge in [0.1, 0.15) is 0 Å². The fourth-order valence-corrected chi connectivity index (χ4v) is 3.30. The van der Waals surface area contributed by atoms with E-state index in [1.54, 1.807) is 4.90 Å². The Morgan fingerprint density at radius 1 is 1.37 bits per heavy atom. The number of carbonyl (C=O) groups excluding carboxylic acids is 1. The van der Waals surface area contributed by atoms with Crippen molar-refractivity contribution in [3.63, 3.8) is 0 Å². The lowest BCUT2D eigenvalue weighted by molar-refractivity contribution is -0.117. The Kier molecular flexibility index (Phi) is 3.33. The van der Waals surface area contributed by atoms with Crippen molar-refractivity contribution in [3.05, 3.63) is 35.2 Å². The number of thiazole rings is 1. The maximum atomic E-state index is 11.8. The zero-order valence-electron chi connectivity index (χ0n) is 10.5. The van der Waals surface area contributed by atoms with Gasteiger partial charge in [-0.2, -0.15) is 12.6 Å². The molecule has 0 saturated carbocycles. The van der Waals surface area contributed by atoms with E-state index in [-0.39, 0.29) is 11.2 Å². The van der Waals surface area contributed by atoms with Crippen LogP contribution in [-0.2, 0) is 4.79 Å². The van der Waals surface area contributed by atoms with Gasteiger partial charge in [-0.05, 0) is 6.92 Å². The molecule has 1 fully saturated rings. The minimum atomic E-state index is 0.116. The highest BCUT2D eigenvalue weighted by atomic mass is 32.1. The molecule has 19 heavy (non-hydrogen) atoms. The van der Waals surface area contributed by atoms with Crippen LogP contribution in [0.15, 0.2) is 29.6 Å². The van der Waals surface area contributed by atoms with Crippen molar-refractivity contribution in [2.75, 3.05) is 11.4 Å². The Morgan fingerprint density at radius 2 is 2.11 bits per heavy atom. The highest BCUT2D eigenvalue weighted by Crippen LogP contribution is 2.31. The van der Waals surface area contributed by atoms with Crippen LogP contribution in [0.4, 0.5) is 5.13 Å². The number of carbonyl (C=O) groups is 1. The summed E-state index contributed by atoms with van der Waals surface area (Å²) in [5.74, 6) is 0.116. The summed E-state index contributed by atoms with van der Waals surface area (Å²) in [6, 6.07) is 8.25. The molecule has 0 aliphatic carbocycles. The lowest BCUT2D eigenvalue weighted by Crippen LogP contribution is -2.24. The van der Waals surface area contributed by atoms with Crippen molar-refractivity contribution in [3.8, 4) is 11.3 Å². The molecule has 1 aliphatic heterocycles. The molecule has 0 radical (unpaired) electrons. The number of nitrogens with zero attached hydrogens (tertiary/aromatic N) is 2. The average Bonchev–Trinajstić information content (AvgIpc) is 2.97. The van der Waals surface area contributed by atoms with Gasteiger partial charge in [0.05, 0.1) is 5.69 Å². The number of aryl methyl sites for hydroxylation is 1. The van der Waals surface area contributed by atoms with Gasteiger partial charge in [-0.25, -0.2) is 4.98 Å². The highest BCUT2D eigenvalue weighted by molar-refractivity contribution is 7.81. The molecule has 0 bridgehead atoms. The lowest BCUT2D eigenvalue weighted by atomic mass is 10.1. The van der Waals surface area contributed by atoms with E-state index in [2.05, 4.69) is 48.8 Å². The lowest BCUT2D eigenvalue weighted by Gasteiger charge is -2.11. The van der Waals surface area contributed by atoms with Gasteiger partial charge >= 0.3 is 0 Å². The van der Waals surface area contributed by atoms with E-state index in [1.165, 1.54) is 16.9 Å². The maximum Gasteiger partial charge on any atom is 0.229 e. The van der Waals surface area contributed by atoms with Crippen LogP contribution in [0, 0.1) is 6.92 Å². The number of anilines is 1. The Bertz CT molecular complexity index is 606. The Morgan fingerprint density at radius 3 is 2.74 bits per heavy atom. The fourth-order valence-electron chi connectivity index (χ4n) is 2.12. The van der Waals surface area contributed by atoms with E-state index in [1.807, 2.05) is 5.38 Å². The van der Waals surface area contributed by atoms with Gasteiger partial charge in [-0.3, -0.25) is 9.69 Å². The molecule has 1 unspecified atom stereocenters. The third kappa shape index (κ3) is 2.53. The van der Waals surface area contributed by atoms with E-state index < -0.39 is 0 Å². The summed E-state index contributed by atoms with van der Waals surface area (Å²) in [5.41, 5.74) is 3.24. The summed E-state index contributed by atoms with van der Waals surface area (Å²) in [6.07, 6.45) is 0.503. The number of aromatic nitrogens is 1. The fraction of sp³-hybridized carbons (Fsp3) is 0.286. The smallest absolute Gasteiger partial charge is 0.229 e. The average molecular weight is 290 g/mol. The molecule has 3 rings (SSSR count). The minimum absolute atomic E-state index is 0.116. The molecule has 1 aromatic carbocycles. The van der Waals surface area contributed by atoms with Crippen LogP contribution in [0.25, 0.3) is 11.3 Å². The Hall–Kier alpha value is -1.33. The molecule has 0 N–H and O–H groups in total. The van der Waals surface area contributed by atoms with Gasteiger partial charge in [-0.1, -0.05) is 29.8 Å². The Labute approximate surface area is 121 Å². The van der Waals surface area contributed by atoms with Gasteiger partial charge in [0.15, 0.2) is 5.13 Å². The summed E-state index contributed by atoms with van der Waals surface area (Å²) < 4.78 is 0. The molecule has 2 heterocycles. The van der Waals surface area contributed by atoms with Gasteiger partial charge in [0.25, 0.3) is 0 Å². The first kappa shape index (κ1) is 12.7. The summed E-state index contributed by atoms with van der Waals surface area (Å²) in [6.45, 7) is 2.72. The van der Waals surface area contributed by atoms with Crippen LogP contribution in [0.2, 0.25) is 0 Å². The number of hydrogen-bond donors (Lipinski definition) is 1. The summed E-state index contributed by atoms with van der Waals surface area (Å²) in [7, 11) is 0. The number of rotatable bonds is 2. The second-order valence-corrected chi connectivity index (χ2v) is 6.31. The normalized spacial score (nSPS) is 19.2.